The standard InChI is InChI=1S/C7HF9N2OS/c8-5(9,10)1-2(6(11,12)13)20-4(17-1)18-3(19)7(14,15)16/h(H,17,18,19). The summed E-state index contributed by atoms with van der Waals surface area (Å²) in [6.45, 7) is 0. The van der Waals surface area contributed by atoms with E-state index in [1.165, 1.54) is 0 Å². The quantitative estimate of drug-likeness (QED) is 0.797. The Morgan fingerprint density at radius 3 is 1.75 bits per heavy atom. The van der Waals surface area contributed by atoms with Crippen molar-refractivity contribution in [3.63, 3.8) is 0 Å². The minimum Gasteiger partial charge on any atom is -0.294 e. The number of aromatic nitrogens is 1. The van der Waals surface area contributed by atoms with E-state index < -0.39 is 51.5 Å². The van der Waals surface area contributed by atoms with Crippen molar-refractivity contribution in [2.75, 3.05) is 5.32 Å². The monoisotopic (exact) mass is 332 g/mol. The van der Waals surface area contributed by atoms with Gasteiger partial charge in [0.05, 0.1) is 0 Å². The SMILES string of the molecule is O=C(Nc1nc(C(F)(F)F)c(C(F)(F)F)s1)C(F)(F)F. The van der Waals surface area contributed by atoms with Gasteiger partial charge in [0.25, 0.3) is 0 Å². The van der Waals surface area contributed by atoms with Crippen LogP contribution in [0.3, 0.4) is 0 Å². The molecule has 0 saturated carbocycles. The second kappa shape index (κ2) is 4.79. The molecule has 1 rings (SSSR count). The largest absolute Gasteiger partial charge is 0.471 e. The van der Waals surface area contributed by atoms with Gasteiger partial charge in [0, 0.05) is 0 Å². The van der Waals surface area contributed by atoms with E-state index >= 15 is 0 Å². The molecular formula is C7HF9N2OS. The van der Waals surface area contributed by atoms with Gasteiger partial charge in [-0.1, -0.05) is 11.3 Å². The summed E-state index contributed by atoms with van der Waals surface area (Å²) in [5, 5.41) is -0.622. The molecule has 0 aliphatic rings. The van der Waals surface area contributed by atoms with E-state index in [0.717, 1.165) is 5.32 Å². The lowest BCUT2D eigenvalue weighted by Crippen LogP contribution is -2.29. The number of nitrogens with one attached hydrogen (secondary N) is 1. The molecule has 0 aliphatic carbocycles. The van der Waals surface area contributed by atoms with Gasteiger partial charge in [-0.15, -0.1) is 0 Å². The molecule has 3 nitrogen and oxygen atoms in total. The van der Waals surface area contributed by atoms with E-state index in [1.54, 1.807) is 0 Å². The van der Waals surface area contributed by atoms with Gasteiger partial charge in [0.2, 0.25) is 0 Å². The van der Waals surface area contributed by atoms with Crippen LogP contribution in [0, 0.1) is 0 Å². The predicted molar refractivity (Wildman–Crippen MR) is 46.8 cm³/mol. The second-order valence-electron chi connectivity index (χ2n) is 3.14. The highest BCUT2D eigenvalue weighted by Crippen LogP contribution is 2.44. The summed E-state index contributed by atoms with van der Waals surface area (Å²) in [7, 11) is 0. The summed E-state index contributed by atoms with van der Waals surface area (Å²) < 4.78 is 109. The predicted octanol–water partition coefficient (Wildman–Crippen LogP) is 3.68. The summed E-state index contributed by atoms with van der Waals surface area (Å²) >= 11 is -0.750. The van der Waals surface area contributed by atoms with E-state index in [2.05, 4.69) is 4.98 Å². The van der Waals surface area contributed by atoms with Crippen LogP contribution in [0.5, 0.6) is 0 Å². The zero-order valence-corrected chi connectivity index (χ0v) is 9.48. The zero-order chi connectivity index (χ0) is 15.9. The lowest BCUT2D eigenvalue weighted by atomic mass is 10.3. The van der Waals surface area contributed by atoms with E-state index in [9.17, 15) is 44.3 Å². The first kappa shape index (κ1) is 16.5. The van der Waals surface area contributed by atoms with Crippen molar-refractivity contribution in [1.82, 2.24) is 4.98 Å². The third kappa shape index (κ3) is 3.74. The molecule has 1 aromatic heterocycles. The topological polar surface area (TPSA) is 42.0 Å². The van der Waals surface area contributed by atoms with E-state index in [-0.39, 0.29) is 0 Å². The van der Waals surface area contributed by atoms with Crippen molar-refractivity contribution in [3.05, 3.63) is 10.6 Å². The minimum atomic E-state index is -5.53. The van der Waals surface area contributed by atoms with Crippen molar-refractivity contribution >= 4 is 22.4 Å². The fourth-order valence-corrected chi connectivity index (χ4v) is 1.77. The Kier molecular flexibility index (Phi) is 3.95. The molecule has 1 amide bonds. The Hall–Kier alpha value is -1.53. The van der Waals surface area contributed by atoms with Gasteiger partial charge in [0.1, 0.15) is 4.88 Å². The average Bonchev–Trinajstić information content (AvgIpc) is 2.58. The van der Waals surface area contributed by atoms with Gasteiger partial charge in [-0.3, -0.25) is 10.1 Å². The number of carbonyl (C=O) groups is 1. The number of alkyl halides is 9. The third-order valence-corrected chi connectivity index (χ3v) is 2.65. The number of hydrogen-bond acceptors (Lipinski definition) is 3. The first-order valence-electron chi connectivity index (χ1n) is 4.26. The van der Waals surface area contributed by atoms with Crippen LogP contribution in [0.15, 0.2) is 0 Å². The van der Waals surface area contributed by atoms with E-state index in [1.807, 2.05) is 0 Å². The van der Waals surface area contributed by atoms with Crippen LogP contribution >= 0.6 is 11.3 Å². The van der Waals surface area contributed by atoms with Gasteiger partial charge >= 0.3 is 24.4 Å². The number of anilines is 1. The summed E-state index contributed by atoms with van der Waals surface area (Å²) in [6, 6.07) is 0. The molecule has 0 atom stereocenters. The normalized spacial score (nSPS) is 13.4. The molecule has 0 unspecified atom stereocenters. The summed E-state index contributed by atoms with van der Waals surface area (Å²) in [5.74, 6) is -2.73. The fraction of sp³-hybridized carbons (Fsp3) is 0.429. The highest BCUT2D eigenvalue weighted by molar-refractivity contribution is 7.16. The maximum atomic E-state index is 12.3. The smallest absolute Gasteiger partial charge is 0.294 e. The Balaban J connectivity index is 3.21. The van der Waals surface area contributed by atoms with Crippen molar-refractivity contribution < 1.29 is 44.3 Å². The van der Waals surface area contributed by atoms with E-state index in [4.69, 9.17) is 0 Å². The molecular weight excluding hydrogens is 331 g/mol. The van der Waals surface area contributed by atoms with Gasteiger partial charge in [-0.05, 0) is 0 Å². The molecule has 0 aromatic carbocycles. The highest BCUT2D eigenvalue weighted by Gasteiger charge is 2.48. The third-order valence-electron chi connectivity index (χ3n) is 1.63. The molecule has 1 heterocycles. The number of rotatable bonds is 1. The number of amides is 1. The lowest BCUT2D eigenvalue weighted by Gasteiger charge is -2.07. The molecule has 0 saturated heterocycles. The Labute approximate surface area is 107 Å². The molecule has 13 heteroatoms. The van der Waals surface area contributed by atoms with Crippen molar-refractivity contribution in [1.29, 1.82) is 0 Å². The number of nitrogens with zero attached hydrogens (tertiary/aromatic N) is 1. The zero-order valence-electron chi connectivity index (χ0n) is 8.67. The van der Waals surface area contributed by atoms with Crippen molar-refractivity contribution in [2.45, 2.75) is 18.5 Å². The van der Waals surface area contributed by atoms with Crippen LogP contribution < -0.4 is 5.32 Å². The second-order valence-corrected chi connectivity index (χ2v) is 4.14. The molecule has 1 aromatic rings. The van der Waals surface area contributed by atoms with Crippen LogP contribution in [0.25, 0.3) is 0 Å². The summed E-state index contributed by atoms with van der Waals surface area (Å²) in [6.07, 6.45) is -16.5. The minimum absolute atomic E-state index is 0.750. The lowest BCUT2D eigenvalue weighted by molar-refractivity contribution is -0.167. The fourth-order valence-electron chi connectivity index (χ4n) is 0.926. The molecule has 114 valence electrons. The van der Waals surface area contributed by atoms with Crippen LogP contribution in [0.4, 0.5) is 44.6 Å². The molecule has 0 aliphatic heterocycles. The summed E-state index contributed by atoms with van der Waals surface area (Å²) in [4.78, 5) is 10.5. The van der Waals surface area contributed by atoms with Crippen LogP contribution in [-0.2, 0) is 17.1 Å². The highest BCUT2D eigenvalue weighted by atomic mass is 32.1. The van der Waals surface area contributed by atoms with Crippen LogP contribution in [0.2, 0.25) is 0 Å². The Morgan fingerprint density at radius 2 is 1.45 bits per heavy atom. The number of carbonyl (C=O) groups excluding carboxylic acids is 1. The van der Waals surface area contributed by atoms with Gasteiger partial charge in [-0.2, -0.15) is 39.5 Å². The van der Waals surface area contributed by atoms with Crippen LogP contribution in [-0.4, -0.2) is 17.1 Å². The first-order chi connectivity index (χ1) is 8.73. The maximum Gasteiger partial charge on any atom is 0.471 e. The molecule has 0 radical (unpaired) electrons. The average molecular weight is 332 g/mol. The van der Waals surface area contributed by atoms with Gasteiger partial charge < -0.3 is 0 Å². The van der Waals surface area contributed by atoms with Gasteiger partial charge in [-0.25, -0.2) is 4.98 Å². The summed E-state index contributed by atoms with van der Waals surface area (Å²) in [5.41, 5.74) is -2.41. The molecule has 20 heavy (non-hydrogen) atoms. The molecule has 1 N–H and O–H groups in total. The number of thiazole rings is 1. The Morgan fingerprint density at radius 1 is 0.950 bits per heavy atom. The van der Waals surface area contributed by atoms with Gasteiger partial charge in [0.15, 0.2) is 10.8 Å². The van der Waals surface area contributed by atoms with Crippen LogP contribution in [0.1, 0.15) is 10.6 Å². The first-order valence-corrected chi connectivity index (χ1v) is 5.08. The van der Waals surface area contributed by atoms with E-state index in [0.29, 0.717) is 0 Å². The Bertz CT molecular complexity index is 480. The maximum absolute atomic E-state index is 12.3. The number of halogens is 9. The molecule has 0 spiro atoms. The molecule has 0 bridgehead atoms. The van der Waals surface area contributed by atoms with Crippen molar-refractivity contribution in [3.8, 4) is 0 Å². The van der Waals surface area contributed by atoms with Crippen molar-refractivity contribution in [2.24, 2.45) is 0 Å². The number of hydrogen-bond donors (Lipinski definition) is 1. The molecule has 0 fully saturated rings.